The summed E-state index contributed by atoms with van der Waals surface area (Å²) >= 11 is 0. The Morgan fingerprint density at radius 2 is 1.88 bits per heavy atom. The van der Waals surface area contributed by atoms with E-state index < -0.39 is 10.4 Å². The van der Waals surface area contributed by atoms with Gasteiger partial charge in [0.15, 0.2) is 0 Å². The van der Waals surface area contributed by atoms with E-state index >= 15 is 0 Å². The van der Waals surface area contributed by atoms with Crippen molar-refractivity contribution in [3.63, 3.8) is 0 Å². The molecule has 17 heavy (non-hydrogen) atoms. The highest BCUT2D eigenvalue weighted by molar-refractivity contribution is 7.80. The first kappa shape index (κ1) is 18.4. The number of carbonyl (C=O) groups is 1. The summed E-state index contributed by atoms with van der Waals surface area (Å²) in [6, 6.07) is 0. The average Bonchev–Trinajstić information content (AvgIpc) is 2.24. The lowest BCUT2D eigenvalue weighted by Crippen LogP contribution is -2.41. The van der Waals surface area contributed by atoms with Crippen LogP contribution in [0, 0.1) is 0 Å². The number of carbonyl (C=O) groups excluding carboxylic acids is 1. The van der Waals surface area contributed by atoms with Gasteiger partial charge in [-0.15, -0.1) is 0 Å². The van der Waals surface area contributed by atoms with E-state index in [-0.39, 0.29) is 5.91 Å². The van der Waals surface area contributed by atoms with Crippen LogP contribution in [-0.4, -0.2) is 56.6 Å². The lowest BCUT2D eigenvalue weighted by molar-refractivity contribution is -0.139. The summed E-state index contributed by atoms with van der Waals surface area (Å²) in [5.74, 6) is -0.0446. The first-order chi connectivity index (χ1) is 7.69. The Morgan fingerprint density at radius 3 is 2.06 bits per heavy atom. The van der Waals surface area contributed by atoms with Gasteiger partial charge in [-0.25, -0.2) is 5.01 Å². The molecule has 0 aromatic heterocycles. The summed E-state index contributed by atoms with van der Waals surface area (Å²) in [5.41, 5.74) is 0. The lowest BCUT2D eigenvalue weighted by Gasteiger charge is -2.27. The Balaban J connectivity index is 0. The van der Waals surface area contributed by atoms with Crippen LogP contribution in [0.2, 0.25) is 0 Å². The number of hydrogen-bond donors (Lipinski definition) is 1. The van der Waals surface area contributed by atoms with E-state index in [1.807, 2.05) is 21.0 Å². The van der Waals surface area contributed by atoms with Crippen LogP contribution in [0.4, 0.5) is 0 Å². The van der Waals surface area contributed by atoms with Crippen molar-refractivity contribution in [1.29, 1.82) is 0 Å². The molecule has 0 aliphatic rings. The zero-order chi connectivity index (χ0) is 14.1. The van der Waals surface area contributed by atoms with Crippen molar-refractivity contribution < 1.29 is 21.9 Å². The Bertz CT molecular complexity index is 326. The maximum atomic E-state index is 11.1. The topological polar surface area (TPSA) is 87.2 Å². The molecule has 1 N–H and O–H groups in total. The number of hydrazine groups is 1. The minimum absolute atomic E-state index is 0.0446. The van der Waals surface area contributed by atoms with Crippen molar-refractivity contribution >= 4 is 16.3 Å². The van der Waals surface area contributed by atoms with Crippen molar-refractivity contribution in [2.24, 2.45) is 0 Å². The maximum Gasteiger partial charge on any atom is 0.397 e. The molecule has 102 valence electrons. The third-order valence-electron chi connectivity index (χ3n) is 1.56. The molecular weight excluding hydrogens is 248 g/mol. The predicted molar refractivity (Wildman–Crippen MR) is 64.4 cm³/mol. The molecule has 0 aliphatic carbocycles. The van der Waals surface area contributed by atoms with Crippen LogP contribution in [0.3, 0.4) is 0 Å². The van der Waals surface area contributed by atoms with Gasteiger partial charge in [0, 0.05) is 20.6 Å². The Hall–Kier alpha value is -0.960. The van der Waals surface area contributed by atoms with Crippen LogP contribution >= 0.6 is 0 Å². The van der Waals surface area contributed by atoms with E-state index in [0.717, 1.165) is 20.1 Å². The maximum absolute atomic E-state index is 11.1. The molecule has 0 radical (unpaired) electrons. The Kier molecular flexibility index (Phi) is 9.86. The van der Waals surface area contributed by atoms with E-state index in [2.05, 4.69) is 10.8 Å². The standard InChI is InChI=1S/C8H16N2O.CH4O4S/c1-5-7-10(9(3)4)8(11)6-2;1-5-6(2,3)4/h6H,2,5,7H2,1,3-4H3;1H3,(H,2,3,4). The molecule has 8 heteroatoms. The van der Waals surface area contributed by atoms with Gasteiger partial charge in [0.1, 0.15) is 0 Å². The molecule has 0 aromatic rings. The van der Waals surface area contributed by atoms with Crippen molar-refractivity contribution in [3.8, 4) is 0 Å². The molecule has 1 amide bonds. The third kappa shape index (κ3) is 11.3. The van der Waals surface area contributed by atoms with Gasteiger partial charge in [0.25, 0.3) is 5.91 Å². The fraction of sp³-hybridized carbons (Fsp3) is 0.667. The zero-order valence-electron chi connectivity index (χ0n) is 10.6. The molecule has 0 saturated heterocycles. The SMILES string of the molecule is C=CC(=O)N(CCC)N(C)C.COS(=O)(=O)O. The average molecular weight is 268 g/mol. The largest absolute Gasteiger partial charge is 0.397 e. The number of amides is 1. The van der Waals surface area contributed by atoms with Gasteiger partial charge in [0.2, 0.25) is 0 Å². The monoisotopic (exact) mass is 268 g/mol. The number of rotatable bonds is 5. The van der Waals surface area contributed by atoms with Crippen LogP contribution in [0.25, 0.3) is 0 Å². The highest BCUT2D eigenvalue weighted by atomic mass is 32.3. The summed E-state index contributed by atoms with van der Waals surface area (Å²) in [6.45, 7) is 6.21. The zero-order valence-corrected chi connectivity index (χ0v) is 11.4. The van der Waals surface area contributed by atoms with Crippen molar-refractivity contribution in [1.82, 2.24) is 10.0 Å². The fourth-order valence-electron chi connectivity index (χ4n) is 0.824. The Morgan fingerprint density at radius 1 is 1.47 bits per heavy atom. The minimum Gasteiger partial charge on any atom is -0.272 e. The molecule has 0 aromatic carbocycles. The van der Waals surface area contributed by atoms with Crippen molar-refractivity contribution in [2.45, 2.75) is 13.3 Å². The van der Waals surface area contributed by atoms with Gasteiger partial charge in [-0.1, -0.05) is 13.5 Å². The van der Waals surface area contributed by atoms with E-state index in [1.165, 1.54) is 6.08 Å². The van der Waals surface area contributed by atoms with E-state index in [9.17, 15) is 13.2 Å². The van der Waals surface area contributed by atoms with Crippen LogP contribution in [0.1, 0.15) is 13.3 Å². The van der Waals surface area contributed by atoms with E-state index in [4.69, 9.17) is 4.55 Å². The summed E-state index contributed by atoms with van der Waals surface area (Å²) in [6.07, 6.45) is 2.29. The number of nitrogens with zero attached hydrogens (tertiary/aromatic N) is 2. The molecule has 0 rings (SSSR count). The van der Waals surface area contributed by atoms with Gasteiger partial charge in [-0.3, -0.25) is 18.5 Å². The molecule has 0 bridgehead atoms. The van der Waals surface area contributed by atoms with Crippen LogP contribution < -0.4 is 0 Å². The Labute approximate surface area is 103 Å². The highest BCUT2D eigenvalue weighted by Gasteiger charge is 2.09. The summed E-state index contributed by atoms with van der Waals surface area (Å²) in [5, 5.41) is 3.42. The summed E-state index contributed by atoms with van der Waals surface area (Å²) in [7, 11) is 0.397. The van der Waals surface area contributed by atoms with Gasteiger partial charge >= 0.3 is 10.4 Å². The molecule has 0 fully saturated rings. The second kappa shape index (κ2) is 9.11. The van der Waals surface area contributed by atoms with Crippen molar-refractivity contribution in [2.75, 3.05) is 27.7 Å². The molecular formula is C9H20N2O5S. The van der Waals surface area contributed by atoms with Crippen LogP contribution in [0.15, 0.2) is 12.7 Å². The predicted octanol–water partition coefficient (Wildman–Crippen LogP) is 0.323. The molecule has 7 nitrogen and oxygen atoms in total. The third-order valence-corrected chi connectivity index (χ3v) is 1.98. The molecule has 0 aliphatic heterocycles. The number of hydrogen-bond acceptors (Lipinski definition) is 5. The molecule has 0 heterocycles. The minimum atomic E-state index is -4.16. The first-order valence-corrected chi connectivity index (χ1v) is 6.20. The highest BCUT2D eigenvalue weighted by Crippen LogP contribution is 1.95. The van der Waals surface area contributed by atoms with E-state index in [1.54, 1.807) is 10.0 Å². The van der Waals surface area contributed by atoms with E-state index in [0.29, 0.717) is 0 Å². The molecule has 0 unspecified atom stereocenters. The summed E-state index contributed by atoms with van der Waals surface area (Å²) < 4.78 is 29.7. The molecule has 0 atom stereocenters. The van der Waals surface area contributed by atoms with Crippen LogP contribution in [-0.2, 0) is 19.4 Å². The molecule has 0 saturated carbocycles. The first-order valence-electron chi connectivity index (χ1n) is 4.83. The summed E-state index contributed by atoms with van der Waals surface area (Å²) in [4.78, 5) is 11.1. The quantitative estimate of drug-likeness (QED) is 0.439. The fourth-order valence-corrected chi connectivity index (χ4v) is 0.824. The molecule has 0 spiro atoms. The second-order valence-electron chi connectivity index (χ2n) is 3.11. The van der Waals surface area contributed by atoms with Crippen molar-refractivity contribution in [3.05, 3.63) is 12.7 Å². The lowest BCUT2D eigenvalue weighted by atomic mass is 10.4. The van der Waals surface area contributed by atoms with Crippen LogP contribution in [0.5, 0.6) is 0 Å². The van der Waals surface area contributed by atoms with Gasteiger partial charge in [-0.2, -0.15) is 8.42 Å². The second-order valence-corrected chi connectivity index (χ2v) is 4.30. The normalized spacial score (nSPS) is 10.5. The smallest absolute Gasteiger partial charge is 0.272 e. The van der Waals surface area contributed by atoms with Gasteiger partial charge in [-0.05, 0) is 12.5 Å². The van der Waals surface area contributed by atoms with Gasteiger partial charge in [0.05, 0.1) is 7.11 Å². The van der Waals surface area contributed by atoms with Gasteiger partial charge < -0.3 is 0 Å².